The van der Waals surface area contributed by atoms with Crippen molar-refractivity contribution in [1.82, 2.24) is 9.97 Å². The van der Waals surface area contributed by atoms with Gasteiger partial charge in [-0.05, 0) is 30.2 Å². The first-order valence-electron chi connectivity index (χ1n) is 8.38. The van der Waals surface area contributed by atoms with Crippen molar-refractivity contribution in [2.24, 2.45) is 0 Å². The predicted octanol–water partition coefficient (Wildman–Crippen LogP) is 4.09. The smallest absolute Gasteiger partial charge is 0.303 e. The van der Waals surface area contributed by atoms with Crippen LogP contribution in [0.25, 0.3) is 10.2 Å². The number of halogens is 1. The van der Waals surface area contributed by atoms with Gasteiger partial charge >= 0.3 is 5.97 Å². The summed E-state index contributed by atoms with van der Waals surface area (Å²) >= 11 is 7.53. The minimum atomic E-state index is -0.823. The van der Waals surface area contributed by atoms with E-state index >= 15 is 0 Å². The van der Waals surface area contributed by atoms with Gasteiger partial charge in [0.05, 0.1) is 9.72 Å². The van der Waals surface area contributed by atoms with E-state index in [1.54, 1.807) is 0 Å². The molecular formula is C18H16ClN3O4S. The summed E-state index contributed by atoms with van der Waals surface area (Å²) in [7, 11) is 0. The first-order chi connectivity index (χ1) is 13.1. The number of aryl methyl sites for hydroxylation is 1. The number of ether oxygens (including phenoxy) is 2. The molecule has 0 radical (unpaired) electrons. The van der Waals surface area contributed by atoms with Crippen LogP contribution in [0.15, 0.2) is 24.3 Å². The number of benzene rings is 1. The molecule has 0 fully saturated rings. The van der Waals surface area contributed by atoms with E-state index in [2.05, 4.69) is 15.3 Å². The van der Waals surface area contributed by atoms with Gasteiger partial charge < -0.3 is 19.9 Å². The molecule has 1 aliphatic heterocycles. The van der Waals surface area contributed by atoms with Gasteiger partial charge in [0.1, 0.15) is 16.5 Å². The monoisotopic (exact) mass is 405 g/mol. The molecule has 3 aromatic rings. The number of hydrogen-bond donors (Lipinski definition) is 2. The molecule has 9 heteroatoms. The zero-order valence-corrected chi connectivity index (χ0v) is 15.8. The van der Waals surface area contributed by atoms with Crippen LogP contribution in [0.3, 0.4) is 0 Å². The van der Waals surface area contributed by atoms with Crippen LogP contribution < -0.4 is 14.8 Å². The summed E-state index contributed by atoms with van der Waals surface area (Å²) in [6.45, 7) is 0.788. The lowest BCUT2D eigenvalue weighted by molar-refractivity contribution is -0.137. The zero-order valence-electron chi connectivity index (χ0n) is 14.2. The molecule has 0 saturated heterocycles. The lowest BCUT2D eigenvalue weighted by Crippen LogP contribution is -2.06. The summed E-state index contributed by atoms with van der Waals surface area (Å²) < 4.78 is 11.4. The minimum Gasteiger partial charge on any atom is -0.481 e. The van der Waals surface area contributed by atoms with Crippen LogP contribution in [0.4, 0.5) is 5.82 Å². The fourth-order valence-corrected chi connectivity index (χ4v) is 3.92. The number of thiophene rings is 1. The number of nitrogens with one attached hydrogen (secondary N) is 1. The van der Waals surface area contributed by atoms with Gasteiger partial charge in [0.15, 0.2) is 11.5 Å². The van der Waals surface area contributed by atoms with Gasteiger partial charge in [-0.2, -0.15) is 0 Å². The average molecular weight is 406 g/mol. The van der Waals surface area contributed by atoms with Gasteiger partial charge in [0.25, 0.3) is 0 Å². The molecule has 0 bridgehead atoms. The molecular weight excluding hydrogens is 390 g/mol. The fraction of sp³-hybridized carbons (Fsp3) is 0.278. The number of nitrogens with zero attached hydrogens (tertiary/aromatic N) is 2. The van der Waals surface area contributed by atoms with Gasteiger partial charge in [-0.3, -0.25) is 4.79 Å². The van der Waals surface area contributed by atoms with E-state index in [4.69, 9.17) is 26.2 Å². The van der Waals surface area contributed by atoms with Crippen LogP contribution in [0, 0.1) is 0 Å². The van der Waals surface area contributed by atoms with E-state index in [1.165, 1.54) is 11.3 Å². The quantitative estimate of drug-likeness (QED) is 0.611. The second-order valence-electron chi connectivity index (χ2n) is 6.05. The third-order valence-electron chi connectivity index (χ3n) is 4.10. The van der Waals surface area contributed by atoms with Crippen LogP contribution in [0.1, 0.15) is 24.2 Å². The van der Waals surface area contributed by atoms with Crippen LogP contribution in [-0.2, 0) is 17.8 Å². The van der Waals surface area contributed by atoms with E-state index in [-0.39, 0.29) is 13.2 Å². The molecule has 0 atom stereocenters. The maximum absolute atomic E-state index is 10.7. The molecule has 0 amide bonds. The number of carboxylic acid groups (broad SMARTS) is 1. The molecule has 27 heavy (non-hydrogen) atoms. The van der Waals surface area contributed by atoms with Crippen molar-refractivity contribution in [3.8, 4) is 11.5 Å². The summed E-state index contributed by atoms with van der Waals surface area (Å²) in [5.74, 6) is 1.95. The number of aromatic nitrogens is 2. The van der Waals surface area contributed by atoms with Gasteiger partial charge in [-0.25, -0.2) is 9.97 Å². The number of fused-ring (bicyclic) bond motifs is 2. The first-order valence-corrected chi connectivity index (χ1v) is 9.58. The molecule has 0 saturated carbocycles. The van der Waals surface area contributed by atoms with E-state index in [0.29, 0.717) is 35.4 Å². The largest absolute Gasteiger partial charge is 0.481 e. The van der Waals surface area contributed by atoms with Crippen LogP contribution >= 0.6 is 22.9 Å². The number of carboxylic acids is 1. The van der Waals surface area contributed by atoms with Crippen molar-refractivity contribution < 1.29 is 19.4 Å². The average Bonchev–Trinajstić information content (AvgIpc) is 3.24. The molecule has 1 aliphatic rings. The van der Waals surface area contributed by atoms with Gasteiger partial charge in [-0.1, -0.05) is 17.7 Å². The van der Waals surface area contributed by atoms with E-state index in [0.717, 1.165) is 27.3 Å². The van der Waals surface area contributed by atoms with E-state index in [9.17, 15) is 4.79 Å². The summed E-state index contributed by atoms with van der Waals surface area (Å²) in [4.78, 5) is 20.6. The van der Waals surface area contributed by atoms with E-state index in [1.807, 2.05) is 24.3 Å². The number of aliphatic carboxylic acids is 1. The predicted molar refractivity (Wildman–Crippen MR) is 103 cm³/mol. The summed E-state index contributed by atoms with van der Waals surface area (Å²) in [6, 6.07) is 7.62. The Morgan fingerprint density at radius 2 is 2.11 bits per heavy atom. The Morgan fingerprint density at radius 3 is 2.96 bits per heavy atom. The first kappa shape index (κ1) is 17.8. The fourth-order valence-electron chi connectivity index (χ4n) is 2.82. The van der Waals surface area contributed by atoms with Crippen LogP contribution in [0.2, 0.25) is 4.34 Å². The lowest BCUT2D eigenvalue weighted by atomic mass is 10.2. The number of hydrogen-bond acceptors (Lipinski definition) is 7. The van der Waals surface area contributed by atoms with Crippen molar-refractivity contribution in [3.63, 3.8) is 0 Å². The highest BCUT2D eigenvalue weighted by atomic mass is 35.5. The van der Waals surface area contributed by atoms with E-state index < -0.39 is 5.97 Å². The van der Waals surface area contributed by atoms with Gasteiger partial charge in [0, 0.05) is 19.4 Å². The number of anilines is 1. The SMILES string of the molecule is O=C(O)CCCc1nc(NCc2ccc3c(c2)OCO3)c2cc(Cl)sc2n1. The summed E-state index contributed by atoms with van der Waals surface area (Å²) in [5.41, 5.74) is 1.03. The lowest BCUT2D eigenvalue weighted by Gasteiger charge is -2.09. The zero-order chi connectivity index (χ0) is 18.8. The molecule has 3 heterocycles. The van der Waals surface area contributed by atoms with Crippen molar-refractivity contribution in [2.75, 3.05) is 12.1 Å². The topological polar surface area (TPSA) is 93.6 Å². The van der Waals surface area contributed by atoms with Crippen molar-refractivity contribution in [3.05, 3.63) is 40.0 Å². The Bertz CT molecular complexity index is 1010. The molecule has 0 unspecified atom stereocenters. The molecule has 2 N–H and O–H groups in total. The van der Waals surface area contributed by atoms with Crippen molar-refractivity contribution >= 4 is 44.9 Å². The standard InChI is InChI=1S/C18H16ClN3O4S/c19-14-7-11-17(20-8-10-4-5-12-13(6-10)26-9-25-12)21-15(22-18(11)27-14)2-1-3-16(23)24/h4-7H,1-3,8-9H2,(H,23,24)(H,20,21,22). The van der Waals surface area contributed by atoms with Crippen molar-refractivity contribution in [1.29, 1.82) is 0 Å². The van der Waals surface area contributed by atoms with Crippen LogP contribution in [0.5, 0.6) is 11.5 Å². The normalized spacial score (nSPS) is 12.5. The Hall–Kier alpha value is -2.58. The highest BCUT2D eigenvalue weighted by molar-refractivity contribution is 7.22. The molecule has 7 nitrogen and oxygen atoms in total. The third kappa shape index (κ3) is 4.06. The molecule has 0 aliphatic carbocycles. The number of carbonyl (C=O) groups is 1. The highest BCUT2D eigenvalue weighted by Crippen LogP contribution is 2.34. The highest BCUT2D eigenvalue weighted by Gasteiger charge is 2.15. The Balaban J connectivity index is 1.54. The van der Waals surface area contributed by atoms with Gasteiger partial charge in [-0.15, -0.1) is 11.3 Å². The summed E-state index contributed by atoms with van der Waals surface area (Å²) in [5, 5.41) is 13.0. The molecule has 0 spiro atoms. The second-order valence-corrected chi connectivity index (χ2v) is 7.71. The summed E-state index contributed by atoms with van der Waals surface area (Å²) in [6.07, 6.45) is 1.07. The van der Waals surface area contributed by atoms with Gasteiger partial charge in [0.2, 0.25) is 6.79 Å². The maximum Gasteiger partial charge on any atom is 0.303 e. The second kappa shape index (κ2) is 7.58. The number of rotatable bonds is 7. The van der Waals surface area contributed by atoms with Crippen molar-refractivity contribution in [2.45, 2.75) is 25.8 Å². The Morgan fingerprint density at radius 1 is 1.26 bits per heavy atom. The molecule has 4 rings (SSSR count). The Kier molecular flexibility index (Phi) is 5.00. The maximum atomic E-state index is 10.7. The Labute approximate surface area is 163 Å². The molecule has 2 aromatic heterocycles. The molecule has 140 valence electrons. The third-order valence-corrected chi connectivity index (χ3v) is 5.25. The minimum absolute atomic E-state index is 0.0898. The van der Waals surface area contributed by atoms with Crippen LogP contribution in [-0.4, -0.2) is 27.8 Å². The molecule has 1 aromatic carbocycles.